The summed E-state index contributed by atoms with van der Waals surface area (Å²) in [6.45, 7) is 5.71. The molecule has 0 aromatic rings. The number of hydrogen-bond acceptors (Lipinski definition) is 3. The molecule has 0 rings (SSSR count). The molecule has 0 heterocycles. The maximum Gasteiger partial charge on any atom is 0.303 e. The van der Waals surface area contributed by atoms with Crippen LogP contribution in [0.1, 0.15) is 90.4 Å². The van der Waals surface area contributed by atoms with Crippen molar-refractivity contribution in [1.82, 2.24) is 0 Å². The summed E-state index contributed by atoms with van der Waals surface area (Å²) in [6.07, 6.45) is 13.5. The van der Waals surface area contributed by atoms with Crippen molar-refractivity contribution in [2.45, 2.75) is 90.4 Å². The molecular weight excluding hydrogens is 386 g/mol. The Morgan fingerprint density at radius 2 is 0.967 bits per heavy atom. The first-order valence-electron chi connectivity index (χ1n) is 11.5. The Hall–Kier alpha value is -1.89. The fourth-order valence-electron chi connectivity index (χ4n) is 3.84. The summed E-state index contributed by atoms with van der Waals surface area (Å²) >= 11 is 0. The largest absolute Gasteiger partial charge is 0.481 e. The number of quaternary nitrogens is 1. The Balaban J connectivity index is 4.93. The van der Waals surface area contributed by atoms with Crippen molar-refractivity contribution in [1.29, 1.82) is 0 Å². The number of carboxylic acid groups (broad SMARTS) is 3. The highest BCUT2D eigenvalue weighted by Gasteiger charge is 2.26. The molecule has 0 unspecified atom stereocenters. The van der Waals surface area contributed by atoms with Crippen molar-refractivity contribution in [3.63, 3.8) is 0 Å². The van der Waals surface area contributed by atoms with Gasteiger partial charge in [0.15, 0.2) is 0 Å². The van der Waals surface area contributed by atoms with E-state index in [1.54, 1.807) is 0 Å². The van der Waals surface area contributed by atoms with E-state index in [-0.39, 0.29) is 19.3 Å². The highest BCUT2D eigenvalue weighted by Crippen LogP contribution is 2.19. The lowest BCUT2D eigenvalue weighted by molar-refractivity contribution is -0.929. The van der Waals surface area contributed by atoms with Gasteiger partial charge in [-0.05, 0) is 64.2 Å². The second-order valence-electron chi connectivity index (χ2n) is 8.16. The van der Waals surface area contributed by atoms with E-state index in [9.17, 15) is 14.4 Å². The monoisotopic (exact) mass is 428 g/mol. The molecule has 174 valence electrons. The lowest BCUT2D eigenvalue weighted by Gasteiger charge is -2.39. The van der Waals surface area contributed by atoms with Crippen LogP contribution >= 0.6 is 0 Å². The van der Waals surface area contributed by atoms with Crippen LogP contribution in [0.4, 0.5) is 0 Å². The van der Waals surface area contributed by atoms with Crippen molar-refractivity contribution < 1.29 is 34.2 Å². The molecule has 0 aliphatic rings. The van der Waals surface area contributed by atoms with Crippen molar-refractivity contribution in [3.05, 3.63) is 12.2 Å². The minimum absolute atomic E-state index is 0.167. The summed E-state index contributed by atoms with van der Waals surface area (Å²) in [5, 5.41) is 26.7. The summed E-state index contributed by atoms with van der Waals surface area (Å²) in [4.78, 5) is 32.5. The van der Waals surface area contributed by atoms with E-state index in [2.05, 4.69) is 19.1 Å². The van der Waals surface area contributed by atoms with Crippen LogP contribution in [0.3, 0.4) is 0 Å². The van der Waals surface area contributed by atoms with Crippen LogP contribution in [0.15, 0.2) is 12.2 Å². The van der Waals surface area contributed by atoms with Crippen LogP contribution in [0, 0.1) is 0 Å². The number of rotatable bonds is 21. The molecule has 0 saturated heterocycles. The Morgan fingerprint density at radius 3 is 1.30 bits per heavy atom. The quantitative estimate of drug-likeness (QED) is 0.139. The Kier molecular flexibility index (Phi) is 16.8. The summed E-state index contributed by atoms with van der Waals surface area (Å²) in [5.41, 5.74) is 0. The Bertz CT molecular complexity index is 463. The molecule has 0 aliphatic heterocycles. The van der Waals surface area contributed by atoms with Gasteiger partial charge in [0, 0.05) is 19.3 Å². The average molecular weight is 429 g/mol. The zero-order valence-electron chi connectivity index (χ0n) is 18.7. The summed E-state index contributed by atoms with van der Waals surface area (Å²) < 4.78 is 0.844. The first kappa shape index (κ1) is 28.1. The minimum atomic E-state index is -0.779. The summed E-state index contributed by atoms with van der Waals surface area (Å²) in [5.74, 6) is -2.34. The van der Waals surface area contributed by atoms with E-state index in [1.165, 1.54) is 0 Å². The van der Waals surface area contributed by atoms with Gasteiger partial charge in [-0.3, -0.25) is 14.4 Å². The van der Waals surface area contributed by atoms with Crippen molar-refractivity contribution in [3.8, 4) is 0 Å². The number of carbonyl (C=O) groups is 3. The first-order chi connectivity index (χ1) is 14.3. The zero-order chi connectivity index (χ0) is 22.7. The van der Waals surface area contributed by atoms with E-state index in [1.807, 2.05) is 0 Å². The Morgan fingerprint density at radius 1 is 0.600 bits per heavy atom. The van der Waals surface area contributed by atoms with Crippen molar-refractivity contribution in [2.75, 3.05) is 26.2 Å². The lowest BCUT2D eigenvalue weighted by Crippen LogP contribution is -2.51. The van der Waals surface area contributed by atoms with Gasteiger partial charge in [0.2, 0.25) is 0 Å². The predicted octanol–water partition coefficient (Wildman–Crippen LogP) is 4.70. The van der Waals surface area contributed by atoms with Crippen LogP contribution in [-0.4, -0.2) is 63.9 Å². The van der Waals surface area contributed by atoms with Gasteiger partial charge in [-0.2, -0.15) is 0 Å². The molecule has 0 spiro atoms. The van der Waals surface area contributed by atoms with Gasteiger partial charge in [0.1, 0.15) is 0 Å². The molecule has 0 amide bonds. The SMILES string of the molecule is CC/C=C/CCCC[N+](CCCCC(=O)O)(CCCCC(=O)O)CCCCC(=O)O. The molecule has 0 saturated carbocycles. The maximum atomic E-state index is 10.8. The molecule has 7 nitrogen and oxygen atoms in total. The van der Waals surface area contributed by atoms with Gasteiger partial charge in [-0.15, -0.1) is 0 Å². The highest BCUT2D eigenvalue weighted by molar-refractivity contribution is 5.67. The molecule has 0 aromatic heterocycles. The third kappa shape index (κ3) is 17.0. The maximum absolute atomic E-state index is 10.8. The van der Waals surface area contributed by atoms with Gasteiger partial charge in [0.05, 0.1) is 26.2 Å². The van der Waals surface area contributed by atoms with Crippen LogP contribution in [0.5, 0.6) is 0 Å². The molecule has 3 N–H and O–H groups in total. The van der Waals surface area contributed by atoms with Crippen LogP contribution in [0.25, 0.3) is 0 Å². The van der Waals surface area contributed by atoms with Crippen molar-refractivity contribution in [2.24, 2.45) is 0 Å². The van der Waals surface area contributed by atoms with Crippen LogP contribution in [0.2, 0.25) is 0 Å². The fraction of sp³-hybridized carbons (Fsp3) is 0.783. The normalized spacial score (nSPS) is 11.8. The van der Waals surface area contributed by atoms with E-state index >= 15 is 0 Å². The van der Waals surface area contributed by atoms with E-state index in [4.69, 9.17) is 15.3 Å². The van der Waals surface area contributed by atoms with Crippen molar-refractivity contribution >= 4 is 17.9 Å². The molecular formula is C23H42NO6+. The molecule has 7 heteroatoms. The molecule has 0 fully saturated rings. The van der Waals surface area contributed by atoms with Gasteiger partial charge >= 0.3 is 17.9 Å². The summed E-state index contributed by atoms with van der Waals surface area (Å²) in [6, 6.07) is 0. The van der Waals surface area contributed by atoms with Gasteiger partial charge in [-0.1, -0.05) is 19.1 Å². The second-order valence-corrected chi connectivity index (χ2v) is 8.16. The summed E-state index contributed by atoms with van der Waals surface area (Å²) in [7, 11) is 0. The first-order valence-corrected chi connectivity index (χ1v) is 11.5. The smallest absolute Gasteiger partial charge is 0.303 e. The third-order valence-electron chi connectivity index (χ3n) is 5.47. The topological polar surface area (TPSA) is 112 Å². The van der Waals surface area contributed by atoms with Gasteiger partial charge in [0.25, 0.3) is 0 Å². The Labute approximate surface area is 181 Å². The van der Waals surface area contributed by atoms with Crippen LogP contribution < -0.4 is 0 Å². The van der Waals surface area contributed by atoms with Gasteiger partial charge < -0.3 is 19.8 Å². The van der Waals surface area contributed by atoms with E-state index < -0.39 is 17.9 Å². The van der Waals surface area contributed by atoms with E-state index in [0.717, 1.165) is 75.6 Å². The molecule has 0 atom stereocenters. The van der Waals surface area contributed by atoms with Crippen LogP contribution in [-0.2, 0) is 14.4 Å². The number of aliphatic carboxylic acids is 3. The van der Waals surface area contributed by atoms with E-state index in [0.29, 0.717) is 19.3 Å². The fourth-order valence-corrected chi connectivity index (χ4v) is 3.84. The highest BCUT2D eigenvalue weighted by atomic mass is 16.4. The number of hydrogen-bond donors (Lipinski definition) is 3. The zero-order valence-corrected chi connectivity index (χ0v) is 18.7. The standard InChI is InChI=1S/C23H41NO6/c1-2-3-4-5-6-10-17-24(18-11-7-14-21(25)26,19-12-8-15-22(27)28)20-13-9-16-23(29)30/h3-4H,2,5-20H2,1H3,(H2-,25,26,27,28,29,30)/p+1/b4-3+. The molecule has 0 radical (unpaired) electrons. The number of unbranched alkanes of at least 4 members (excludes halogenated alkanes) is 5. The number of nitrogens with zero attached hydrogens (tertiary/aromatic N) is 1. The minimum Gasteiger partial charge on any atom is -0.481 e. The number of allylic oxidation sites excluding steroid dienone is 2. The van der Waals surface area contributed by atoms with Gasteiger partial charge in [-0.25, -0.2) is 0 Å². The average Bonchev–Trinajstić information content (AvgIpc) is 2.68. The predicted molar refractivity (Wildman–Crippen MR) is 117 cm³/mol. The third-order valence-corrected chi connectivity index (χ3v) is 5.47. The molecule has 0 bridgehead atoms. The second kappa shape index (κ2) is 17.9. The lowest BCUT2D eigenvalue weighted by atomic mass is 10.1. The molecule has 30 heavy (non-hydrogen) atoms. The molecule has 0 aliphatic carbocycles. The molecule has 0 aromatic carbocycles. The number of carboxylic acids is 3.